The summed E-state index contributed by atoms with van der Waals surface area (Å²) in [6, 6.07) is 11.0. The molecule has 0 aliphatic heterocycles. The summed E-state index contributed by atoms with van der Waals surface area (Å²) in [5.74, 6) is 2.54. The predicted molar refractivity (Wildman–Crippen MR) is 54.5 cm³/mol. The van der Waals surface area contributed by atoms with Crippen molar-refractivity contribution >= 4 is 0 Å². The van der Waals surface area contributed by atoms with Crippen molar-refractivity contribution in [3.63, 3.8) is 0 Å². The van der Waals surface area contributed by atoms with E-state index in [2.05, 4.69) is 42.5 Å². The molecule has 0 N–H and O–H groups in total. The maximum atomic E-state index is 2.42. The van der Waals surface area contributed by atoms with Crippen LogP contribution in [0, 0.1) is 11.8 Å². The Labute approximate surface area is 79.3 Å². The van der Waals surface area contributed by atoms with E-state index in [4.69, 9.17) is 0 Å². The van der Waals surface area contributed by atoms with Gasteiger partial charge in [-0.2, -0.15) is 0 Å². The third-order valence-corrected chi connectivity index (χ3v) is 3.51. The molecule has 0 saturated heterocycles. The van der Waals surface area contributed by atoms with Gasteiger partial charge in [0.2, 0.25) is 0 Å². The molecule has 0 nitrogen and oxygen atoms in total. The first-order chi connectivity index (χ1) is 6.43. The maximum Gasteiger partial charge on any atom is -0.00932 e. The zero-order valence-corrected chi connectivity index (χ0v) is 7.69. The van der Waals surface area contributed by atoms with E-state index in [1.165, 1.54) is 12.8 Å². The fourth-order valence-electron chi connectivity index (χ4n) is 2.86. The fraction of sp³-hybridized carbons (Fsp3) is 0.385. The van der Waals surface area contributed by atoms with Gasteiger partial charge in [0.05, 0.1) is 0 Å². The Balaban J connectivity index is 1.92. The summed E-state index contributed by atoms with van der Waals surface area (Å²) in [7, 11) is 0. The monoisotopic (exact) mass is 170 g/mol. The third-order valence-electron chi connectivity index (χ3n) is 3.51. The van der Waals surface area contributed by atoms with Crippen LogP contribution in [-0.2, 0) is 0 Å². The van der Waals surface area contributed by atoms with Gasteiger partial charge in [-0.3, -0.25) is 0 Å². The summed E-state index contributed by atoms with van der Waals surface area (Å²) in [5, 5.41) is 0. The first-order valence-corrected chi connectivity index (χ1v) is 5.17. The molecule has 0 unspecified atom stereocenters. The van der Waals surface area contributed by atoms with Gasteiger partial charge >= 0.3 is 0 Å². The number of allylic oxidation sites excluding steroid dienone is 2. The maximum absolute atomic E-state index is 2.42. The molecule has 3 atom stereocenters. The minimum Gasteiger partial charge on any atom is -0.0851 e. The standard InChI is InChI=1S/C13H14/c1-2-4-11(5-3-1)13-9-10-6-7-12(13)8-10/h1-7,10,12-13H,8-9H2/t10-,12+,13-/m1/s1. The van der Waals surface area contributed by atoms with Gasteiger partial charge in [0.25, 0.3) is 0 Å². The van der Waals surface area contributed by atoms with Crippen LogP contribution in [0.1, 0.15) is 24.3 Å². The second-order valence-electron chi connectivity index (χ2n) is 4.30. The van der Waals surface area contributed by atoms with E-state index in [9.17, 15) is 0 Å². The Morgan fingerprint density at radius 1 is 0.923 bits per heavy atom. The van der Waals surface area contributed by atoms with Crippen LogP contribution >= 0.6 is 0 Å². The molecule has 0 amide bonds. The molecule has 1 fully saturated rings. The zero-order valence-electron chi connectivity index (χ0n) is 7.69. The van der Waals surface area contributed by atoms with Crippen LogP contribution in [0.2, 0.25) is 0 Å². The summed E-state index contributed by atoms with van der Waals surface area (Å²) in [5.41, 5.74) is 1.54. The molecule has 66 valence electrons. The lowest BCUT2D eigenvalue weighted by atomic mass is 9.87. The summed E-state index contributed by atoms with van der Waals surface area (Å²) in [6.45, 7) is 0. The molecule has 13 heavy (non-hydrogen) atoms. The molecule has 2 aliphatic carbocycles. The molecule has 1 aromatic carbocycles. The van der Waals surface area contributed by atoms with Crippen molar-refractivity contribution < 1.29 is 0 Å². The Kier molecular flexibility index (Phi) is 1.55. The van der Waals surface area contributed by atoms with Crippen molar-refractivity contribution in [2.75, 3.05) is 0 Å². The Morgan fingerprint density at radius 2 is 1.77 bits per heavy atom. The number of hydrogen-bond donors (Lipinski definition) is 0. The normalized spacial score (nSPS) is 35.5. The molecule has 1 aromatic rings. The Bertz CT molecular complexity index is 323. The lowest BCUT2D eigenvalue weighted by Gasteiger charge is -2.17. The molecule has 1 saturated carbocycles. The SMILES string of the molecule is C1=C[C@H]2C[C@@H]1C[C@@H]2c1ccccc1. The number of benzene rings is 1. The van der Waals surface area contributed by atoms with Gasteiger partial charge in [-0.1, -0.05) is 42.5 Å². The van der Waals surface area contributed by atoms with Crippen molar-refractivity contribution in [2.45, 2.75) is 18.8 Å². The Morgan fingerprint density at radius 3 is 2.38 bits per heavy atom. The van der Waals surface area contributed by atoms with Gasteiger partial charge in [-0.05, 0) is 36.2 Å². The molecule has 2 bridgehead atoms. The van der Waals surface area contributed by atoms with Crippen LogP contribution in [0.15, 0.2) is 42.5 Å². The van der Waals surface area contributed by atoms with E-state index in [0.29, 0.717) is 0 Å². The summed E-state index contributed by atoms with van der Waals surface area (Å²) in [6.07, 6.45) is 7.61. The average Bonchev–Trinajstić information content (AvgIpc) is 2.80. The van der Waals surface area contributed by atoms with Crippen molar-refractivity contribution in [3.8, 4) is 0 Å². The van der Waals surface area contributed by atoms with Gasteiger partial charge in [0.15, 0.2) is 0 Å². The number of fused-ring (bicyclic) bond motifs is 2. The van der Waals surface area contributed by atoms with Crippen LogP contribution in [0.3, 0.4) is 0 Å². The number of rotatable bonds is 1. The van der Waals surface area contributed by atoms with E-state index >= 15 is 0 Å². The highest BCUT2D eigenvalue weighted by atomic mass is 14.4. The smallest absolute Gasteiger partial charge is 0.00932 e. The molecular weight excluding hydrogens is 156 g/mol. The highest BCUT2D eigenvalue weighted by molar-refractivity contribution is 5.27. The number of hydrogen-bond acceptors (Lipinski definition) is 0. The van der Waals surface area contributed by atoms with Gasteiger partial charge < -0.3 is 0 Å². The highest BCUT2D eigenvalue weighted by Crippen LogP contribution is 2.48. The Hall–Kier alpha value is -1.04. The van der Waals surface area contributed by atoms with Crippen molar-refractivity contribution in [2.24, 2.45) is 11.8 Å². The first-order valence-electron chi connectivity index (χ1n) is 5.17. The van der Waals surface area contributed by atoms with E-state index < -0.39 is 0 Å². The van der Waals surface area contributed by atoms with Gasteiger partial charge in [-0.15, -0.1) is 0 Å². The fourth-order valence-corrected chi connectivity index (χ4v) is 2.86. The average molecular weight is 170 g/mol. The predicted octanol–water partition coefficient (Wildman–Crippen LogP) is 3.37. The molecule has 2 aliphatic rings. The lowest BCUT2D eigenvalue weighted by Crippen LogP contribution is -2.04. The third kappa shape index (κ3) is 1.13. The quantitative estimate of drug-likeness (QED) is 0.567. The van der Waals surface area contributed by atoms with Crippen LogP contribution in [0.5, 0.6) is 0 Å². The molecule has 0 radical (unpaired) electrons. The van der Waals surface area contributed by atoms with Crippen molar-refractivity contribution in [3.05, 3.63) is 48.0 Å². The van der Waals surface area contributed by atoms with E-state index in [-0.39, 0.29) is 0 Å². The van der Waals surface area contributed by atoms with Crippen molar-refractivity contribution in [1.29, 1.82) is 0 Å². The lowest BCUT2D eigenvalue weighted by molar-refractivity contribution is 0.585. The van der Waals surface area contributed by atoms with Crippen LogP contribution in [-0.4, -0.2) is 0 Å². The van der Waals surface area contributed by atoms with E-state index in [0.717, 1.165) is 17.8 Å². The zero-order chi connectivity index (χ0) is 8.67. The summed E-state index contributed by atoms with van der Waals surface area (Å²) >= 11 is 0. The topological polar surface area (TPSA) is 0 Å². The largest absolute Gasteiger partial charge is 0.0851 e. The second kappa shape index (κ2) is 2.73. The van der Waals surface area contributed by atoms with Gasteiger partial charge in [-0.25, -0.2) is 0 Å². The van der Waals surface area contributed by atoms with Crippen LogP contribution in [0.4, 0.5) is 0 Å². The summed E-state index contributed by atoms with van der Waals surface area (Å²) in [4.78, 5) is 0. The van der Waals surface area contributed by atoms with E-state index in [1.54, 1.807) is 5.56 Å². The highest BCUT2D eigenvalue weighted by Gasteiger charge is 2.35. The minimum absolute atomic E-state index is 0.816. The van der Waals surface area contributed by atoms with Crippen molar-refractivity contribution in [1.82, 2.24) is 0 Å². The molecule has 0 aromatic heterocycles. The van der Waals surface area contributed by atoms with Gasteiger partial charge in [0.1, 0.15) is 0 Å². The first kappa shape index (κ1) is 7.37. The molecule has 0 spiro atoms. The van der Waals surface area contributed by atoms with E-state index in [1.807, 2.05) is 0 Å². The van der Waals surface area contributed by atoms with Crippen LogP contribution in [0.25, 0.3) is 0 Å². The molecular formula is C13H14. The minimum atomic E-state index is 0.816. The molecule has 3 rings (SSSR count). The molecule has 0 heterocycles. The molecule has 0 heteroatoms. The van der Waals surface area contributed by atoms with Gasteiger partial charge in [0, 0.05) is 0 Å². The summed E-state index contributed by atoms with van der Waals surface area (Å²) < 4.78 is 0. The van der Waals surface area contributed by atoms with Crippen LogP contribution < -0.4 is 0 Å². The second-order valence-corrected chi connectivity index (χ2v) is 4.30.